The molecule has 8 nitrogen and oxygen atoms in total. The number of aryl methyl sites for hydroxylation is 1. The summed E-state index contributed by atoms with van der Waals surface area (Å²) in [7, 11) is -3.50. The van der Waals surface area contributed by atoms with Crippen molar-refractivity contribution >= 4 is 15.7 Å². The van der Waals surface area contributed by atoms with Crippen LogP contribution in [0.4, 0.5) is 0 Å². The van der Waals surface area contributed by atoms with E-state index in [1.165, 1.54) is 34.3 Å². The highest BCUT2D eigenvalue weighted by Gasteiger charge is 2.31. The molecular formula is C15H18N6O2S. The minimum atomic E-state index is -3.50. The standard InChI is InChI=1S/C15H18N6O2S/c1-11-6-14-17-10-19-21(14)8-13(11)12-2-4-20(5-3-12)24(22,23)15-7-16-9-18-15/h6-10,12H,2-5H2,1H3,(H,16,18). The zero-order valence-electron chi connectivity index (χ0n) is 13.3. The molecule has 1 saturated heterocycles. The van der Waals surface area contributed by atoms with Crippen LogP contribution in [0, 0.1) is 6.92 Å². The van der Waals surface area contributed by atoms with E-state index in [0.29, 0.717) is 19.0 Å². The quantitative estimate of drug-likeness (QED) is 0.772. The monoisotopic (exact) mass is 346 g/mol. The van der Waals surface area contributed by atoms with Gasteiger partial charge in [-0.1, -0.05) is 0 Å². The second-order valence-corrected chi connectivity index (χ2v) is 7.95. The van der Waals surface area contributed by atoms with E-state index in [2.05, 4.69) is 27.0 Å². The van der Waals surface area contributed by atoms with Gasteiger partial charge < -0.3 is 4.98 Å². The molecule has 4 rings (SSSR count). The fourth-order valence-corrected chi connectivity index (χ4v) is 4.69. The van der Waals surface area contributed by atoms with Crippen molar-refractivity contribution < 1.29 is 8.42 Å². The van der Waals surface area contributed by atoms with E-state index in [9.17, 15) is 8.42 Å². The molecule has 1 N–H and O–H groups in total. The lowest BCUT2D eigenvalue weighted by Gasteiger charge is -2.31. The van der Waals surface area contributed by atoms with E-state index >= 15 is 0 Å². The predicted molar refractivity (Wildman–Crippen MR) is 87.0 cm³/mol. The molecule has 3 aromatic heterocycles. The maximum absolute atomic E-state index is 12.5. The third-order valence-corrected chi connectivity index (χ3v) is 6.43. The van der Waals surface area contributed by atoms with Crippen LogP contribution in [-0.2, 0) is 10.0 Å². The molecular weight excluding hydrogens is 328 g/mol. The molecule has 1 aliphatic heterocycles. The second-order valence-electron chi connectivity index (χ2n) is 6.06. The van der Waals surface area contributed by atoms with Gasteiger partial charge in [0.1, 0.15) is 6.33 Å². The van der Waals surface area contributed by atoms with E-state index in [1.807, 2.05) is 12.3 Å². The molecule has 0 radical (unpaired) electrons. The highest BCUT2D eigenvalue weighted by atomic mass is 32.2. The number of pyridine rings is 1. The summed E-state index contributed by atoms with van der Waals surface area (Å²) in [6.07, 6.45) is 7.92. The first-order valence-corrected chi connectivity index (χ1v) is 9.28. The van der Waals surface area contributed by atoms with Crippen LogP contribution in [0.15, 0.2) is 36.1 Å². The molecule has 0 aromatic carbocycles. The summed E-state index contributed by atoms with van der Waals surface area (Å²) >= 11 is 0. The number of nitrogens with zero attached hydrogens (tertiary/aromatic N) is 5. The predicted octanol–water partition coefficient (Wildman–Crippen LogP) is 1.33. The number of rotatable bonds is 3. The molecule has 9 heteroatoms. The molecule has 0 atom stereocenters. The van der Waals surface area contributed by atoms with E-state index < -0.39 is 10.0 Å². The number of hydrogen-bond donors (Lipinski definition) is 1. The smallest absolute Gasteiger partial charge is 0.262 e. The number of nitrogens with one attached hydrogen (secondary N) is 1. The molecule has 1 aliphatic rings. The van der Waals surface area contributed by atoms with Gasteiger partial charge in [0.2, 0.25) is 0 Å². The Morgan fingerprint density at radius 3 is 2.75 bits per heavy atom. The first-order valence-electron chi connectivity index (χ1n) is 7.84. The van der Waals surface area contributed by atoms with Gasteiger partial charge in [-0.05, 0) is 42.9 Å². The van der Waals surface area contributed by atoms with Gasteiger partial charge in [-0.15, -0.1) is 0 Å². The number of piperidine rings is 1. The molecule has 4 heterocycles. The van der Waals surface area contributed by atoms with Gasteiger partial charge in [0.05, 0.1) is 6.33 Å². The van der Waals surface area contributed by atoms with Crippen molar-refractivity contribution in [1.82, 2.24) is 28.9 Å². The topological polar surface area (TPSA) is 96.2 Å². The molecule has 126 valence electrons. The number of sulfonamides is 1. The summed E-state index contributed by atoms with van der Waals surface area (Å²) in [5, 5.41) is 4.28. The van der Waals surface area contributed by atoms with E-state index in [0.717, 1.165) is 18.5 Å². The lowest BCUT2D eigenvalue weighted by Crippen LogP contribution is -2.38. The zero-order chi connectivity index (χ0) is 16.7. The summed E-state index contributed by atoms with van der Waals surface area (Å²) < 4.78 is 28.3. The Morgan fingerprint density at radius 2 is 2.04 bits per heavy atom. The molecule has 0 bridgehead atoms. The largest absolute Gasteiger partial charge is 0.350 e. The highest BCUT2D eigenvalue weighted by Crippen LogP contribution is 2.32. The summed E-state index contributed by atoms with van der Waals surface area (Å²) in [6.45, 7) is 3.06. The third-order valence-electron chi connectivity index (χ3n) is 4.63. The maximum Gasteiger partial charge on any atom is 0.262 e. The van der Waals surface area contributed by atoms with Gasteiger partial charge in [-0.3, -0.25) is 0 Å². The molecule has 24 heavy (non-hydrogen) atoms. The van der Waals surface area contributed by atoms with Crippen LogP contribution < -0.4 is 0 Å². The number of hydrogen-bond acceptors (Lipinski definition) is 5. The highest BCUT2D eigenvalue weighted by molar-refractivity contribution is 7.89. The minimum absolute atomic E-state index is 0.0844. The van der Waals surface area contributed by atoms with Gasteiger partial charge >= 0.3 is 0 Å². The van der Waals surface area contributed by atoms with E-state index in [4.69, 9.17) is 0 Å². The normalized spacial score (nSPS) is 17.5. The van der Waals surface area contributed by atoms with Gasteiger partial charge in [0.15, 0.2) is 10.7 Å². The Balaban J connectivity index is 1.54. The van der Waals surface area contributed by atoms with E-state index in [1.54, 1.807) is 4.52 Å². The number of imidazole rings is 1. The molecule has 3 aromatic rings. The Hall–Kier alpha value is -2.26. The van der Waals surface area contributed by atoms with Gasteiger partial charge in [0.25, 0.3) is 10.0 Å². The number of aromatic amines is 1. The van der Waals surface area contributed by atoms with Gasteiger partial charge in [0, 0.05) is 25.5 Å². The number of fused-ring (bicyclic) bond motifs is 1. The number of H-pyrrole nitrogens is 1. The molecule has 0 amide bonds. The summed E-state index contributed by atoms with van der Waals surface area (Å²) in [5.74, 6) is 0.323. The average molecular weight is 346 g/mol. The zero-order valence-corrected chi connectivity index (χ0v) is 14.1. The lowest BCUT2D eigenvalue weighted by molar-refractivity contribution is 0.318. The average Bonchev–Trinajstić information content (AvgIpc) is 3.26. The minimum Gasteiger partial charge on any atom is -0.350 e. The maximum atomic E-state index is 12.5. The van der Waals surface area contributed by atoms with Crippen molar-refractivity contribution in [2.45, 2.75) is 30.7 Å². The van der Waals surface area contributed by atoms with Gasteiger partial charge in [-0.25, -0.2) is 22.9 Å². The van der Waals surface area contributed by atoms with Crippen LogP contribution in [-0.4, -0.2) is 50.4 Å². The molecule has 0 unspecified atom stereocenters. The van der Waals surface area contributed by atoms with Crippen molar-refractivity contribution in [3.8, 4) is 0 Å². The fraction of sp³-hybridized carbons (Fsp3) is 0.400. The lowest BCUT2D eigenvalue weighted by atomic mass is 9.89. The Kier molecular flexibility index (Phi) is 3.61. The number of aromatic nitrogens is 5. The van der Waals surface area contributed by atoms with Crippen LogP contribution in [0.3, 0.4) is 0 Å². The Labute approximate surface area is 139 Å². The van der Waals surface area contributed by atoms with Crippen molar-refractivity contribution in [3.05, 3.63) is 42.2 Å². The molecule has 0 saturated carbocycles. The van der Waals surface area contributed by atoms with Crippen molar-refractivity contribution in [2.24, 2.45) is 0 Å². The summed E-state index contributed by atoms with van der Waals surface area (Å²) in [5.41, 5.74) is 3.21. The van der Waals surface area contributed by atoms with Crippen molar-refractivity contribution in [3.63, 3.8) is 0 Å². The van der Waals surface area contributed by atoms with Crippen LogP contribution in [0.5, 0.6) is 0 Å². The van der Waals surface area contributed by atoms with E-state index in [-0.39, 0.29) is 5.03 Å². The summed E-state index contributed by atoms with van der Waals surface area (Å²) in [6, 6.07) is 2.02. The van der Waals surface area contributed by atoms with Crippen molar-refractivity contribution in [1.29, 1.82) is 0 Å². The second kappa shape index (κ2) is 5.67. The van der Waals surface area contributed by atoms with Crippen LogP contribution in [0.25, 0.3) is 5.65 Å². The van der Waals surface area contributed by atoms with Crippen molar-refractivity contribution in [2.75, 3.05) is 13.1 Å². The van der Waals surface area contributed by atoms with Crippen LogP contribution >= 0.6 is 0 Å². The molecule has 0 spiro atoms. The van der Waals surface area contributed by atoms with Crippen LogP contribution in [0.2, 0.25) is 0 Å². The first-order chi connectivity index (χ1) is 11.6. The Morgan fingerprint density at radius 1 is 1.25 bits per heavy atom. The summed E-state index contributed by atoms with van der Waals surface area (Å²) in [4.78, 5) is 10.8. The molecule has 1 fully saturated rings. The first kappa shape index (κ1) is 15.3. The third kappa shape index (κ3) is 2.49. The Bertz CT molecular complexity index is 955. The van der Waals surface area contributed by atoms with Gasteiger partial charge in [-0.2, -0.15) is 9.40 Å². The van der Waals surface area contributed by atoms with Crippen LogP contribution in [0.1, 0.15) is 29.9 Å². The fourth-order valence-electron chi connectivity index (χ4n) is 3.33. The molecule has 0 aliphatic carbocycles. The SMILES string of the molecule is Cc1cc2ncnn2cc1C1CCN(S(=O)(=O)c2c[nH]cn2)CC1.